The van der Waals surface area contributed by atoms with E-state index in [2.05, 4.69) is 15.1 Å². The van der Waals surface area contributed by atoms with E-state index < -0.39 is 10.0 Å². The van der Waals surface area contributed by atoms with Crippen molar-refractivity contribution in [1.29, 1.82) is 0 Å². The minimum atomic E-state index is -3.49. The summed E-state index contributed by atoms with van der Waals surface area (Å²) in [6.45, 7) is 5.25. The molecule has 1 aromatic rings. The fraction of sp³-hybridized carbons (Fsp3) is 0.579. The Balaban J connectivity index is 1.52. The van der Waals surface area contributed by atoms with E-state index in [9.17, 15) is 13.2 Å². The van der Waals surface area contributed by atoms with Crippen molar-refractivity contribution in [2.24, 2.45) is 0 Å². The highest BCUT2D eigenvalue weighted by molar-refractivity contribution is 7.89. The third kappa shape index (κ3) is 5.44. The van der Waals surface area contributed by atoms with Crippen LogP contribution in [0.2, 0.25) is 0 Å². The maximum Gasteiger partial charge on any atom is 0.242 e. The summed E-state index contributed by atoms with van der Waals surface area (Å²) in [7, 11) is -0.476. The summed E-state index contributed by atoms with van der Waals surface area (Å²) in [6, 6.07) is 6.65. The first-order chi connectivity index (χ1) is 13.8. The average molecular weight is 440 g/mol. The number of nitrogens with one attached hydrogen (secondary N) is 1. The number of anilines is 1. The number of likely N-dealkylation sites (tertiary alicyclic amines) is 1. The van der Waals surface area contributed by atoms with E-state index in [-0.39, 0.29) is 10.8 Å². The van der Waals surface area contributed by atoms with Crippen molar-refractivity contribution in [3.05, 3.63) is 24.3 Å². The molecule has 0 bridgehead atoms. The van der Waals surface area contributed by atoms with E-state index >= 15 is 0 Å². The molecule has 160 valence electrons. The van der Waals surface area contributed by atoms with Crippen LogP contribution >= 0.6 is 12.2 Å². The first-order valence-corrected chi connectivity index (χ1v) is 11.7. The summed E-state index contributed by atoms with van der Waals surface area (Å²) in [5, 5.41) is 3.71. The second kappa shape index (κ2) is 9.38. The van der Waals surface area contributed by atoms with Crippen molar-refractivity contribution in [1.82, 2.24) is 19.0 Å². The van der Waals surface area contributed by atoms with E-state index in [1.165, 1.54) is 18.4 Å². The Morgan fingerprint density at radius 1 is 1.07 bits per heavy atom. The molecule has 2 aliphatic rings. The van der Waals surface area contributed by atoms with E-state index in [0.29, 0.717) is 17.3 Å². The molecule has 0 aliphatic carbocycles. The van der Waals surface area contributed by atoms with Crippen LogP contribution in [-0.4, -0.2) is 98.4 Å². The van der Waals surface area contributed by atoms with Crippen LogP contribution in [0.1, 0.15) is 12.8 Å². The Morgan fingerprint density at radius 2 is 1.72 bits per heavy atom. The molecule has 0 radical (unpaired) electrons. The molecular formula is C19H29N5O3S2. The molecule has 3 rings (SSSR count). The van der Waals surface area contributed by atoms with Gasteiger partial charge in [0.05, 0.1) is 11.4 Å². The average Bonchev–Trinajstić information content (AvgIpc) is 3.23. The van der Waals surface area contributed by atoms with E-state index in [4.69, 9.17) is 12.2 Å². The topological polar surface area (TPSA) is 76.2 Å². The van der Waals surface area contributed by atoms with E-state index in [1.54, 1.807) is 24.3 Å². The second-order valence-corrected chi connectivity index (χ2v) is 10.1. The fourth-order valence-electron chi connectivity index (χ4n) is 3.51. The number of hydrogen-bond acceptors (Lipinski definition) is 5. The SMILES string of the molecule is CN(C)S(=O)(=O)c1cccc(NC(=S)N2CCN(CC(=O)N3CCCC3)CC2)c1. The van der Waals surface area contributed by atoms with Gasteiger partial charge in [-0.1, -0.05) is 6.07 Å². The van der Waals surface area contributed by atoms with Crippen LogP contribution in [-0.2, 0) is 14.8 Å². The van der Waals surface area contributed by atoms with Crippen molar-refractivity contribution in [3.63, 3.8) is 0 Å². The minimum Gasteiger partial charge on any atom is -0.346 e. The predicted octanol–water partition coefficient (Wildman–Crippen LogP) is 0.874. The first-order valence-electron chi connectivity index (χ1n) is 9.86. The van der Waals surface area contributed by atoms with Gasteiger partial charge in [0, 0.05) is 59.1 Å². The van der Waals surface area contributed by atoms with Crippen molar-refractivity contribution in [3.8, 4) is 0 Å². The molecule has 2 saturated heterocycles. The van der Waals surface area contributed by atoms with Crippen LogP contribution in [0.25, 0.3) is 0 Å². The zero-order chi connectivity index (χ0) is 21.0. The number of amides is 1. The fourth-order valence-corrected chi connectivity index (χ4v) is 4.76. The monoisotopic (exact) mass is 439 g/mol. The Labute approximate surface area is 178 Å². The normalized spacial score (nSPS) is 18.3. The van der Waals surface area contributed by atoms with E-state index in [1.807, 2.05) is 4.90 Å². The second-order valence-electron chi connectivity index (χ2n) is 7.60. The zero-order valence-electron chi connectivity index (χ0n) is 17.0. The molecule has 1 aromatic carbocycles. The predicted molar refractivity (Wildman–Crippen MR) is 117 cm³/mol. The molecule has 0 atom stereocenters. The van der Waals surface area contributed by atoms with Gasteiger partial charge in [0.15, 0.2) is 5.11 Å². The van der Waals surface area contributed by atoms with Crippen LogP contribution in [0.3, 0.4) is 0 Å². The highest BCUT2D eigenvalue weighted by Crippen LogP contribution is 2.19. The van der Waals surface area contributed by atoms with Gasteiger partial charge in [-0.15, -0.1) is 0 Å². The van der Waals surface area contributed by atoms with Crippen molar-refractivity contribution < 1.29 is 13.2 Å². The van der Waals surface area contributed by atoms with Gasteiger partial charge < -0.3 is 15.1 Å². The molecule has 10 heteroatoms. The van der Waals surface area contributed by atoms with Crippen LogP contribution in [0.15, 0.2) is 29.2 Å². The van der Waals surface area contributed by atoms with Crippen LogP contribution in [0, 0.1) is 0 Å². The standard InChI is InChI=1S/C19H29N5O3S2/c1-21(2)29(26,27)17-7-5-6-16(14-17)20-19(28)24-12-10-22(11-13-24)15-18(25)23-8-3-4-9-23/h5-7,14H,3-4,8-13,15H2,1-2H3,(H,20,28). The first kappa shape index (κ1) is 21.9. The number of sulfonamides is 1. The highest BCUT2D eigenvalue weighted by atomic mass is 32.2. The summed E-state index contributed by atoms with van der Waals surface area (Å²) >= 11 is 5.52. The Hall–Kier alpha value is -1.75. The number of piperazine rings is 1. The summed E-state index contributed by atoms with van der Waals surface area (Å²) in [5.41, 5.74) is 0.643. The van der Waals surface area contributed by atoms with Crippen molar-refractivity contribution in [2.75, 3.05) is 65.2 Å². The molecule has 8 nitrogen and oxygen atoms in total. The molecule has 0 saturated carbocycles. The Bertz CT molecular complexity index is 845. The Kier molecular flexibility index (Phi) is 7.10. The van der Waals surface area contributed by atoms with Gasteiger partial charge in [0.1, 0.15) is 0 Å². The lowest BCUT2D eigenvalue weighted by atomic mass is 10.3. The lowest BCUT2D eigenvalue weighted by Gasteiger charge is -2.36. The summed E-state index contributed by atoms with van der Waals surface area (Å²) in [4.78, 5) is 18.7. The van der Waals surface area contributed by atoms with Crippen molar-refractivity contribution >= 4 is 38.9 Å². The van der Waals surface area contributed by atoms with Crippen LogP contribution in [0.4, 0.5) is 5.69 Å². The maximum atomic E-state index is 12.3. The van der Waals surface area contributed by atoms with Gasteiger partial charge in [-0.2, -0.15) is 0 Å². The molecule has 1 N–H and O–H groups in total. The van der Waals surface area contributed by atoms with Crippen molar-refractivity contribution in [2.45, 2.75) is 17.7 Å². The molecule has 0 spiro atoms. The summed E-state index contributed by atoms with van der Waals surface area (Å²) in [6.07, 6.45) is 2.22. The molecule has 1 amide bonds. The van der Waals surface area contributed by atoms with Gasteiger partial charge in [-0.05, 0) is 43.3 Å². The third-order valence-electron chi connectivity index (χ3n) is 5.34. The number of carbonyl (C=O) groups is 1. The van der Waals surface area contributed by atoms with Gasteiger partial charge in [-0.25, -0.2) is 12.7 Å². The lowest BCUT2D eigenvalue weighted by Crippen LogP contribution is -2.52. The number of thiocarbonyl (C=S) groups is 1. The number of carbonyl (C=O) groups excluding carboxylic acids is 1. The maximum absolute atomic E-state index is 12.3. The highest BCUT2D eigenvalue weighted by Gasteiger charge is 2.24. The zero-order valence-corrected chi connectivity index (χ0v) is 18.6. The van der Waals surface area contributed by atoms with E-state index in [0.717, 1.165) is 52.1 Å². The van der Waals surface area contributed by atoms with Crippen LogP contribution in [0.5, 0.6) is 0 Å². The molecule has 0 aromatic heterocycles. The van der Waals surface area contributed by atoms with Gasteiger partial charge in [0.25, 0.3) is 0 Å². The van der Waals surface area contributed by atoms with Crippen LogP contribution < -0.4 is 5.32 Å². The van der Waals surface area contributed by atoms with Gasteiger partial charge >= 0.3 is 0 Å². The number of hydrogen-bond donors (Lipinski definition) is 1. The quantitative estimate of drug-likeness (QED) is 0.683. The molecule has 2 fully saturated rings. The summed E-state index contributed by atoms with van der Waals surface area (Å²) < 4.78 is 25.8. The molecule has 29 heavy (non-hydrogen) atoms. The third-order valence-corrected chi connectivity index (χ3v) is 7.51. The minimum absolute atomic E-state index is 0.218. The largest absolute Gasteiger partial charge is 0.346 e. The Morgan fingerprint density at radius 3 is 2.34 bits per heavy atom. The number of rotatable bonds is 5. The molecule has 2 aliphatic heterocycles. The molecule has 2 heterocycles. The lowest BCUT2D eigenvalue weighted by molar-refractivity contribution is -0.131. The molecular weight excluding hydrogens is 410 g/mol. The summed E-state index contributed by atoms with van der Waals surface area (Å²) in [5.74, 6) is 0.218. The smallest absolute Gasteiger partial charge is 0.242 e. The number of benzene rings is 1. The van der Waals surface area contributed by atoms with Gasteiger partial charge in [-0.3, -0.25) is 9.69 Å². The van der Waals surface area contributed by atoms with Gasteiger partial charge in [0.2, 0.25) is 15.9 Å². The number of nitrogens with zero attached hydrogens (tertiary/aromatic N) is 4. The molecule has 0 unspecified atom stereocenters.